The molecule has 1 unspecified atom stereocenters. The highest BCUT2D eigenvalue weighted by Gasteiger charge is 2.46. The van der Waals surface area contributed by atoms with Crippen LogP contribution < -0.4 is 10.6 Å². The molecule has 0 spiro atoms. The van der Waals surface area contributed by atoms with E-state index < -0.39 is 0 Å². The zero-order valence-electron chi connectivity index (χ0n) is 20.7. The summed E-state index contributed by atoms with van der Waals surface area (Å²) in [4.78, 5) is 13.1. The molecule has 0 bridgehead atoms. The topological polar surface area (TPSA) is 59.0 Å². The number of hydrogen-bond donors (Lipinski definition) is 2. The number of rotatable bonds is 6. The van der Waals surface area contributed by atoms with Crippen molar-refractivity contribution in [1.29, 1.82) is 0 Å². The predicted octanol–water partition coefficient (Wildman–Crippen LogP) is 5.76. The average molecular weight is 477 g/mol. The summed E-state index contributed by atoms with van der Waals surface area (Å²) in [5.74, 6) is 0.454. The highest BCUT2D eigenvalue weighted by atomic mass is 16.1. The Morgan fingerprint density at radius 2 is 1.94 bits per heavy atom. The number of hydrogen-bond acceptors (Lipinski definition) is 3. The van der Waals surface area contributed by atoms with Crippen molar-refractivity contribution in [2.75, 3.05) is 6.54 Å². The lowest BCUT2D eigenvalue weighted by atomic mass is 9.68. The number of allylic oxidation sites excluding steroid dienone is 3. The minimum Gasteiger partial charge on any atom is -0.386 e. The van der Waals surface area contributed by atoms with Crippen LogP contribution in [-0.4, -0.2) is 22.2 Å². The Labute approximate surface area is 212 Å². The molecule has 2 aliphatic carbocycles. The molecule has 1 amide bonds. The average Bonchev–Trinajstić information content (AvgIpc) is 3.47. The lowest BCUT2D eigenvalue weighted by Crippen LogP contribution is -2.34. The van der Waals surface area contributed by atoms with Crippen LogP contribution in [-0.2, 0) is 6.42 Å². The van der Waals surface area contributed by atoms with E-state index in [1.54, 1.807) is 0 Å². The Hall–Kier alpha value is -3.86. The Kier molecular flexibility index (Phi) is 5.84. The smallest absolute Gasteiger partial charge is 0.251 e. The molecular weight excluding hydrogens is 444 g/mol. The van der Waals surface area contributed by atoms with Gasteiger partial charge in [-0.25, -0.2) is 4.68 Å². The summed E-state index contributed by atoms with van der Waals surface area (Å²) in [6, 6.07) is 19.9. The molecule has 36 heavy (non-hydrogen) atoms. The molecule has 5 nitrogen and oxygen atoms in total. The van der Waals surface area contributed by atoms with E-state index in [4.69, 9.17) is 5.10 Å². The zero-order chi connectivity index (χ0) is 24.5. The minimum atomic E-state index is -0.0344. The van der Waals surface area contributed by atoms with Crippen molar-refractivity contribution in [3.8, 4) is 0 Å². The number of carbonyl (C=O) groups excluding carboxylic acids is 1. The van der Waals surface area contributed by atoms with Gasteiger partial charge in [0.2, 0.25) is 0 Å². The van der Waals surface area contributed by atoms with Crippen LogP contribution in [0.5, 0.6) is 0 Å². The van der Waals surface area contributed by atoms with Crippen molar-refractivity contribution in [2.24, 2.45) is 11.3 Å². The first-order valence-electron chi connectivity index (χ1n) is 12.9. The van der Waals surface area contributed by atoms with E-state index in [9.17, 15) is 4.79 Å². The molecule has 1 saturated carbocycles. The van der Waals surface area contributed by atoms with Gasteiger partial charge in [0, 0.05) is 18.3 Å². The Morgan fingerprint density at radius 1 is 1.17 bits per heavy atom. The molecule has 0 saturated heterocycles. The molecular formula is C31H32N4O. The van der Waals surface area contributed by atoms with Crippen LogP contribution in [0.1, 0.15) is 59.4 Å². The van der Waals surface area contributed by atoms with Crippen molar-refractivity contribution in [1.82, 2.24) is 20.4 Å². The van der Waals surface area contributed by atoms with E-state index in [1.165, 1.54) is 16.8 Å². The molecule has 6 rings (SSSR count). The predicted molar refractivity (Wildman–Crippen MR) is 144 cm³/mol. The van der Waals surface area contributed by atoms with Crippen molar-refractivity contribution in [2.45, 2.75) is 38.6 Å². The summed E-state index contributed by atoms with van der Waals surface area (Å²) in [7, 11) is 0. The molecule has 1 fully saturated rings. The third kappa shape index (κ3) is 4.09. The van der Waals surface area contributed by atoms with E-state index in [-0.39, 0.29) is 17.4 Å². The van der Waals surface area contributed by atoms with Crippen LogP contribution in [0.2, 0.25) is 0 Å². The van der Waals surface area contributed by atoms with Gasteiger partial charge in [0.05, 0.1) is 23.6 Å². The number of nitrogens with one attached hydrogen (secondary N) is 2. The number of aromatic nitrogens is 2. The van der Waals surface area contributed by atoms with Gasteiger partial charge < -0.3 is 10.6 Å². The van der Waals surface area contributed by atoms with Gasteiger partial charge in [-0.1, -0.05) is 67.1 Å². The van der Waals surface area contributed by atoms with E-state index in [2.05, 4.69) is 64.7 Å². The van der Waals surface area contributed by atoms with Crippen LogP contribution in [0.3, 0.4) is 0 Å². The van der Waals surface area contributed by atoms with E-state index in [0.717, 1.165) is 43.5 Å². The number of dihydropyridines is 1. The van der Waals surface area contributed by atoms with Gasteiger partial charge in [-0.3, -0.25) is 4.79 Å². The Balaban J connectivity index is 1.27. The fraction of sp³-hybridized carbons (Fsp3) is 0.290. The Morgan fingerprint density at radius 3 is 2.69 bits per heavy atom. The first-order valence-corrected chi connectivity index (χ1v) is 12.9. The molecule has 1 aromatic heterocycles. The van der Waals surface area contributed by atoms with Gasteiger partial charge in [-0.05, 0) is 72.4 Å². The maximum Gasteiger partial charge on any atom is 0.251 e. The fourth-order valence-electron chi connectivity index (χ4n) is 6.19. The third-order valence-corrected chi connectivity index (χ3v) is 8.23. The fourth-order valence-corrected chi connectivity index (χ4v) is 6.19. The van der Waals surface area contributed by atoms with Crippen molar-refractivity contribution >= 4 is 17.7 Å². The molecule has 2 aromatic carbocycles. The van der Waals surface area contributed by atoms with Gasteiger partial charge in [-0.15, -0.1) is 0 Å². The van der Waals surface area contributed by atoms with Crippen LogP contribution in [0.25, 0.3) is 11.8 Å². The van der Waals surface area contributed by atoms with Gasteiger partial charge in [0.1, 0.15) is 0 Å². The summed E-state index contributed by atoms with van der Waals surface area (Å²) in [6.07, 6.45) is 14.8. The van der Waals surface area contributed by atoms with Gasteiger partial charge in [0.25, 0.3) is 5.91 Å². The van der Waals surface area contributed by atoms with E-state index >= 15 is 0 Å². The van der Waals surface area contributed by atoms with Crippen LogP contribution in [0, 0.1) is 11.3 Å². The number of amides is 1. The highest BCUT2D eigenvalue weighted by molar-refractivity contribution is 5.94. The number of benzene rings is 2. The first-order chi connectivity index (χ1) is 17.6. The van der Waals surface area contributed by atoms with Crippen molar-refractivity contribution in [3.05, 3.63) is 113 Å². The second kappa shape index (κ2) is 9.30. The monoisotopic (exact) mass is 476 g/mol. The zero-order valence-corrected chi connectivity index (χ0v) is 20.7. The molecule has 3 atom stereocenters. The second-order valence-electron chi connectivity index (χ2n) is 10.4. The van der Waals surface area contributed by atoms with Crippen LogP contribution >= 0.6 is 0 Å². The molecule has 2 N–H and O–H groups in total. The molecule has 2 heterocycles. The third-order valence-electron chi connectivity index (χ3n) is 8.23. The summed E-state index contributed by atoms with van der Waals surface area (Å²) >= 11 is 0. The molecule has 182 valence electrons. The van der Waals surface area contributed by atoms with Crippen molar-refractivity contribution < 1.29 is 4.79 Å². The van der Waals surface area contributed by atoms with E-state index in [0.29, 0.717) is 11.5 Å². The largest absolute Gasteiger partial charge is 0.386 e. The summed E-state index contributed by atoms with van der Waals surface area (Å²) < 4.78 is 2.06. The SMILES string of the molecule is C[C@]12Cc3cnn(C4=CNCC=C4)c3C=C1CC[C@@H]2CC(NC(=O)c1ccccc1)c1ccccc1. The maximum atomic E-state index is 13.1. The molecule has 1 aliphatic heterocycles. The lowest BCUT2D eigenvalue weighted by Gasteiger charge is -2.37. The van der Waals surface area contributed by atoms with Gasteiger partial charge in [0.15, 0.2) is 0 Å². The van der Waals surface area contributed by atoms with Crippen molar-refractivity contribution in [3.63, 3.8) is 0 Å². The summed E-state index contributed by atoms with van der Waals surface area (Å²) in [5.41, 5.74) is 7.03. The lowest BCUT2D eigenvalue weighted by molar-refractivity contribution is 0.0923. The van der Waals surface area contributed by atoms with E-state index in [1.807, 2.05) is 48.8 Å². The quantitative estimate of drug-likeness (QED) is 0.476. The number of fused-ring (bicyclic) bond motifs is 2. The number of carbonyl (C=O) groups is 1. The molecule has 0 radical (unpaired) electrons. The molecule has 5 heteroatoms. The summed E-state index contributed by atoms with van der Waals surface area (Å²) in [5, 5.41) is 11.4. The van der Waals surface area contributed by atoms with Crippen LogP contribution in [0.15, 0.2) is 90.8 Å². The minimum absolute atomic E-state index is 0.0157. The second-order valence-corrected chi connectivity index (χ2v) is 10.4. The van der Waals surface area contributed by atoms with Gasteiger partial charge in [-0.2, -0.15) is 5.10 Å². The number of nitrogens with zero attached hydrogens (tertiary/aromatic N) is 2. The summed E-state index contributed by atoms with van der Waals surface area (Å²) in [6.45, 7) is 3.27. The van der Waals surface area contributed by atoms with Gasteiger partial charge >= 0.3 is 0 Å². The molecule has 3 aliphatic rings. The normalized spacial score (nSPS) is 23.1. The Bertz CT molecular complexity index is 1350. The molecule has 3 aromatic rings. The highest BCUT2D eigenvalue weighted by Crippen LogP contribution is 2.55. The maximum absolute atomic E-state index is 13.1. The standard InChI is InChI=1S/C31H32N4O/c1-31-19-24-20-33-35(27-13-8-16-32-21-27)29(24)18-26(31)15-14-25(31)17-28(22-9-4-2-5-10-22)34-30(36)23-11-6-3-7-12-23/h2-13,18,20-21,25,28,32H,14-17,19H2,1H3,(H,34,36)/t25-,28?,31-/m1/s1. The van der Waals surface area contributed by atoms with Crippen LogP contribution in [0.4, 0.5) is 0 Å². The first kappa shape index (κ1) is 22.6.